The molecule has 4 nitrogen and oxygen atoms in total. The van der Waals surface area contributed by atoms with Crippen molar-refractivity contribution in [1.82, 2.24) is 0 Å². The summed E-state index contributed by atoms with van der Waals surface area (Å²) in [7, 11) is 0. The van der Waals surface area contributed by atoms with Crippen molar-refractivity contribution in [2.24, 2.45) is 5.92 Å². The van der Waals surface area contributed by atoms with E-state index in [4.69, 9.17) is 21.4 Å². The van der Waals surface area contributed by atoms with Crippen molar-refractivity contribution >= 4 is 23.6 Å². The van der Waals surface area contributed by atoms with Gasteiger partial charge in [0.2, 0.25) is 0 Å². The first-order chi connectivity index (χ1) is 17.2. The number of ether oxygens (including phenoxy) is 1. The van der Waals surface area contributed by atoms with E-state index in [1.165, 1.54) is 18.2 Å². The number of unbranched alkanes of at least 4 members (excludes halogenated alkanes) is 1. The van der Waals surface area contributed by atoms with Gasteiger partial charge in [-0.05, 0) is 67.1 Å². The standard InChI is InChI=1S/C28H26ClF3O4/c29-23-7-3-2-6-21(23)17-36-26-12-11-22(30)16-20(26)10-9-18(5-1-4-8-27(33)34)13-19-14-24(31)28(35)25(32)15-19/h2-3,6-7,9-12,14-16,18,35H,1,4-5,8,13,17H2,(H,33,34)/b10-9+/t18-/m0/s1. The van der Waals surface area contributed by atoms with Crippen molar-refractivity contribution < 1.29 is 32.9 Å². The summed E-state index contributed by atoms with van der Waals surface area (Å²) >= 11 is 6.19. The molecular formula is C28H26ClF3O4. The Hall–Kier alpha value is -3.45. The fourth-order valence-corrected chi connectivity index (χ4v) is 3.97. The molecule has 0 bridgehead atoms. The molecule has 0 aliphatic heterocycles. The van der Waals surface area contributed by atoms with Crippen molar-refractivity contribution in [2.45, 2.75) is 38.7 Å². The lowest BCUT2D eigenvalue weighted by atomic mass is 9.92. The summed E-state index contributed by atoms with van der Waals surface area (Å²) in [5.74, 6) is -4.31. The van der Waals surface area contributed by atoms with Crippen LogP contribution in [-0.4, -0.2) is 16.2 Å². The third-order valence-electron chi connectivity index (χ3n) is 5.65. The number of rotatable bonds is 12. The third-order valence-corrected chi connectivity index (χ3v) is 6.02. The van der Waals surface area contributed by atoms with E-state index in [1.807, 2.05) is 12.1 Å². The Morgan fingerprint density at radius 2 is 1.75 bits per heavy atom. The number of benzene rings is 3. The Morgan fingerprint density at radius 3 is 2.44 bits per heavy atom. The number of hydrogen-bond donors (Lipinski definition) is 2. The van der Waals surface area contributed by atoms with Crippen LogP contribution in [-0.2, 0) is 17.8 Å². The predicted molar refractivity (Wildman–Crippen MR) is 133 cm³/mol. The molecule has 0 aliphatic carbocycles. The van der Waals surface area contributed by atoms with E-state index in [2.05, 4.69) is 0 Å². The fraction of sp³-hybridized carbons (Fsp3) is 0.250. The largest absolute Gasteiger partial charge is 0.503 e. The highest BCUT2D eigenvalue weighted by Gasteiger charge is 2.14. The van der Waals surface area contributed by atoms with E-state index >= 15 is 0 Å². The van der Waals surface area contributed by atoms with Gasteiger partial charge in [-0.25, -0.2) is 13.2 Å². The molecule has 36 heavy (non-hydrogen) atoms. The molecule has 0 fully saturated rings. The van der Waals surface area contributed by atoms with Crippen LogP contribution in [0.1, 0.15) is 42.4 Å². The van der Waals surface area contributed by atoms with Crippen LogP contribution < -0.4 is 4.74 Å². The highest BCUT2D eigenvalue weighted by molar-refractivity contribution is 6.31. The molecule has 0 amide bonds. The predicted octanol–water partition coefficient (Wildman–Crippen LogP) is 7.56. The normalized spacial score (nSPS) is 12.1. The number of hydrogen-bond acceptors (Lipinski definition) is 3. The second-order valence-electron chi connectivity index (χ2n) is 8.43. The molecule has 8 heteroatoms. The van der Waals surface area contributed by atoms with Gasteiger partial charge in [0.05, 0.1) is 0 Å². The second-order valence-corrected chi connectivity index (χ2v) is 8.84. The van der Waals surface area contributed by atoms with Crippen LogP contribution in [0, 0.1) is 23.4 Å². The SMILES string of the molecule is O=C(O)CCCC[C@@H](/C=C/c1cc(F)ccc1OCc1ccccc1Cl)Cc1cc(F)c(O)c(F)c1. The number of carboxylic acid groups (broad SMARTS) is 1. The number of allylic oxidation sites excluding steroid dienone is 1. The maximum Gasteiger partial charge on any atom is 0.303 e. The van der Waals surface area contributed by atoms with Gasteiger partial charge in [0.1, 0.15) is 18.2 Å². The van der Waals surface area contributed by atoms with Gasteiger partial charge >= 0.3 is 5.97 Å². The van der Waals surface area contributed by atoms with Gasteiger partial charge in [0, 0.05) is 22.6 Å². The molecule has 3 aromatic rings. The van der Waals surface area contributed by atoms with E-state index in [0.29, 0.717) is 41.2 Å². The molecular weight excluding hydrogens is 493 g/mol. The number of carbonyl (C=O) groups is 1. The van der Waals surface area contributed by atoms with Crippen molar-refractivity contribution in [1.29, 1.82) is 0 Å². The van der Waals surface area contributed by atoms with Gasteiger partial charge in [-0.3, -0.25) is 4.79 Å². The fourth-order valence-electron chi connectivity index (χ4n) is 3.78. The topological polar surface area (TPSA) is 66.8 Å². The first-order valence-electron chi connectivity index (χ1n) is 11.5. The number of phenols is 1. The summed E-state index contributed by atoms with van der Waals surface area (Å²) in [5, 5.41) is 18.8. The van der Waals surface area contributed by atoms with Crippen molar-refractivity contribution in [3.05, 3.63) is 99.8 Å². The summed E-state index contributed by atoms with van der Waals surface area (Å²) < 4.78 is 47.6. The lowest BCUT2D eigenvalue weighted by Gasteiger charge is -2.15. The third kappa shape index (κ3) is 8.05. The molecule has 0 aromatic heterocycles. The maximum atomic E-state index is 14.0. The Labute approximate surface area is 212 Å². The summed E-state index contributed by atoms with van der Waals surface area (Å²) in [6.07, 6.45) is 5.29. The minimum absolute atomic E-state index is 0.0167. The number of carboxylic acids is 1. The van der Waals surface area contributed by atoms with E-state index < -0.39 is 29.2 Å². The molecule has 0 unspecified atom stereocenters. The Morgan fingerprint density at radius 1 is 1.03 bits per heavy atom. The van der Waals surface area contributed by atoms with Crippen LogP contribution in [0.3, 0.4) is 0 Å². The Balaban J connectivity index is 1.80. The lowest BCUT2D eigenvalue weighted by Crippen LogP contribution is -2.04. The maximum absolute atomic E-state index is 14.0. The molecule has 0 saturated heterocycles. The van der Waals surface area contributed by atoms with Crippen molar-refractivity contribution in [2.75, 3.05) is 0 Å². The van der Waals surface area contributed by atoms with E-state index in [-0.39, 0.29) is 25.4 Å². The molecule has 0 saturated carbocycles. The number of phenolic OH excluding ortho intramolecular Hbond substituents is 1. The molecule has 0 aliphatic rings. The summed E-state index contributed by atoms with van der Waals surface area (Å²) in [6, 6.07) is 13.5. The molecule has 2 N–H and O–H groups in total. The van der Waals surface area contributed by atoms with Gasteiger partial charge in [0.25, 0.3) is 0 Å². The lowest BCUT2D eigenvalue weighted by molar-refractivity contribution is -0.137. The molecule has 3 rings (SSSR count). The van der Waals surface area contributed by atoms with Crippen LogP contribution in [0.4, 0.5) is 13.2 Å². The average molecular weight is 519 g/mol. The smallest absolute Gasteiger partial charge is 0.303 e. The molecule has 0 spiro atoms. The average Bonchev–Trinajstić information content (AvgIpc) is 2.83. The van der Waals surface area contributed by atoms with Crippen LogP contribution >= 0.6 is 11.6 Å². The Kier molecular flexibility index (Phi) is 9.82. The zero-order chi connectivity index (χ0) is 26.1. The number of aliphatic carboxylic acids is 1. The zero-order valence-electron chi connectivity index (χ0n) is 19.4. The molecule has 3 aromatic carbocycles. The quantitative estimate of drug-likeness (QED) is 0.243. The number of aromatic hydroxyl groups is 1. The number of halogens is 4. The van der Waals surface area contributed by atoms with E-state index in [9.17, 15) is 23.1 Å². The summed E-state index contributed by atoms with van der Waals surface area (Å²) in [4.78, 5) is 10.8. The summed E-state index contributed by atoms with van der Waals surface area (Å²) in [6.45, 7) is 0.177. The van der Waals surface area contributed by atoms with Gasteiger partial charge in [0.15, 0.2) is 17.4 Å². The molecule has 0 radical (unpaired) electrons. The monoisotopic (exact) mass is 518 g/mol. The first kappa shape index (κ1) is 27.1. The van der Waals surface area contributed by atoms with E-state index in [1.54, 1.807) is 24.3 Å². The van der Waals surface area contributed by atoms with Crippen LogP contribution in [0.25, 0.3) is 6.08 Å². The summed E-state index contributed by atoms with van der Waals surface area (Å²) in [5.41, 5.74) is 1.58. The minimum Gasteiger partial charge on any atom is -0.503 e. The molecule has 190 valence electrons. The van der Waals surface area contributed by atoms with Crippen LogP contribution in [0.15, 0.2) is 60.7 Å². The van der Waals surface area contributed by atoms with Crippen LogP contribution in [0.2, 0.25) is 5.02 Å². The highest BCUT2D eigenvalue weighted by atomic mass is 35.5. The molecule has 0 heterocycles. The second kappa shape index (κ2) is 13.0. The molecule has 1 atom stereocenters. The highest BCUT2D eigenvalue weighted by Crippen LogP contribution is 2.28. The van der Waals surface area contributed by atoms with Gasteiger partial charge < -0.3 is 14.9 Å². The Bertz CT molecular complexity index is 1210. The van der Waals surface area contributed by atoms with Crippen molar-refractivity contribution in [3.8, 4) is 11.5 Å². The van der Waals surface area contributed by atoms with Gasteiger partial charge in [-0.2, -0.15) is 0 Å². The first-order valence-corrected chi connectivity index (χ1v) is 11.8. The minimum atomic E-state index is -1.06. The van der Waals surface area contributed by atoms with Gasteiger partial charge in [-0.15, -0.1) is 0 Å². The zero-order valence-corrected chi connectivity index (χ0v) is 20.1. The van der Waals surface area contributed by atoms with Gasteiger partial charge in [-0.1, -0.05) is 48.4 Å². The van der Waals surface area contributed by atoms with Crippen molar-refractivity contribution in [3.63, 3.8) is 0 Å². The van der Waals surface area contributed by atoms with E-state index in [0.717, 1.165) is 17.7 Å². The van der Waals surface area contributed by atoms with Crippen LogP contribution in [0.5, 0.6) is 11.5 Å².